The first-order chi connectivity index (χ1) is 8.88. The van der Waals surface area contributed by atoms with Gasteiger partial charge in [-0.25, -0.2) is 4.68 Å². The number of hydrogen-bond donors (Lipinski definition) is 1. The number of pyridine rings is 1. The molecule has 0 aliphatic heterocycles. The number of nitrogens with one attached hydrogen (secondary N) is 1. The minimum Gasteiger partial charge on any atom is -0.314 e. The Morgan fingerprint density at radius 1 is 1.28 bits per heavy atom. The van der Waals surface area contributed by atoms with Crippen molar-refractivity contribution in [1.82, 2.24) is 25.3 Å². The van der Waals surface area contributed by atoms with Gasteiger partial charge in [-0.2, -0.15) is 0 Å². The Morgan fingerprint density at radius 2 is 2.22 bits per heavy atom. The third-order valence-corrected chi connectivity index (χ3v) is 2.81. The average Bonchev–Trinajstić information content (AvgIpc) is 2.87. The van der Waals surface area contributed by atoms with E-state index in [2.05, 4.69) is 26.7 Å². The molecular weight excluding hydrogens is 226 g/mol. The maximum absolute atomic E-state index is 4.30. The lowest BCUT2D eigenvalue weighted by atomic mass is 10.2. The molecule has 5 heteroatoms. The highest BCUT2D eigenvalue weighted by atomic mass is 15.4. The fourth-order valence-electron chi connectivity index (χ4n) is 1.97. The molecule has 0 radical (unpaired) electrons. The van der Waals surface area contributed by atoms with Crippen LogP contribution in [0.2, 0.25) is 0 Å². The first-order valence-electron chi connectivity index (χ1n) is 5.78. The monoisotopic (exact) mass is 239 g/mol. The molecule has 0 aliphatic carbocycles. The standard InChI is InChI=1S/C13H13N5/c1-14-8-12-9-16-17-18(12)11-4-5-13-10(7-11)3-2-6-15-13/h2-7,9,14H,8H2,1H3. The summed E-state index contributed by atoms with van der Waals surface area (Å²) in [4.78, 5) is 4.30. The van der Waals surface area contributed by atoms with Gasteiger partial charge in [0.1, 0.15) is 0 Å². The lowest BCUT2D eigenvalue weighted by Gasteiger charge is -2.06. The normalized spacial score (nSPS) is 10.9. The van der Waals surface area contributed by atoms with Gasteiger partial charge in [-0.15, -0.1) is 5.10 Å². The number of fused-ring (bicyclic) bond motifs is 1. The van der Waals surface area contributed by atoms with Gasteiger partial charge in [0.25, 0.3) is 0 Å². The van der Waals surface area contributed by atoms with Crippen molar-refractivity contribution in [3.05, 3.63) is 48.4 Å². The Bertz CT molecular complexity index is 674. The number of hydrogen-bond acceptors (Lipinski definition) is 4. The van der Waals surface area contributed by atoms with Crippen LogP contribution in [0.5, 0.6) is 0 Å². The molecule has 0 spiro atoms. The summed E-state index contributed by atoms with van der Waals surface area (Å²) in [6.07, 6.45) is 3.56. The van der Waals surface area contributed by atoms with Gasteiger partial charge >= 0.3 is 0 Å². The van der Waals surface area contributed by atoms with E-state index < -0.39 is 0 Å². The summed E-state index contributed by atoms with van der Waals surface area (Å²) in [7, 11) is 1.90. The van der Waals surface area contributed by atoms with Crippen molar-refractivity contribution in [3.8, 4) is 5.69 Å². The van der Waals surface area contributed by atoms with Gasteiger partial charge in [-0.3, -0.25) is 4.98 Å². The van der Waals surface area contributed by atoms with Gasteiger partial charge < -0.3 is 5.32 Å². The second kappa shape index (κ2) is 4.54. The van der Waals surface area contributed by atoms with Crippen LogP contribution in [0.15, 0.2) is 42.7 Å². The molecule has 3 aromatic rings. The van der Waals surface area contributed by atoms with Crippen LogP contribution in [0.4, 0.5) is 0 Å². The lowest BCUT2D eigenvalue weighted by molar-refractivity contribution is 0.714. The largest absolute Gasteiger partial charge is 0.314 e. The predicted molar refractivity (Wildman–Crippen MR) is 69.4 cm³/mol. The van der Waals surface area contributed by atoms with Crippen LogP contribution < -0.4 is 5.32 Å². The minimum atomic E-state index is 0.734. The Balaban J connectivity index is 2.10. The van der Waals surface area contributed by atoms with Crippen LogP contribution in [0.25, 0.3) is 16.6 Å². The third-order valence-electron chi connectivity index (χ3n) is 2.81. The Morgan fingerprint density at radius 3 is 3.11 bits per heavy atom. The third kappa shape index (κ3) is 1.84. The zero-order valence-electron chi connectivity index (χ0n) is 10.0. The summed E-state index contributed by atoms with van der Waals surface area (Å²) in [6, 6.07) is 10.0. The van der Waals surface area contributed by atoms with Crippen molar-refractivity contribution in [3.63, 3.8) is 0 Å². The molecule has 1 N–H and O–H groups in total. The molecule has 18 heavy (non-hydrogen) atoms. The van der Waals surface area contributed by atoms with E-state index in [9.17, 15) is 0 Å². The van der Waals surface area contributed by atoms with E-state index in [1.807, 2.05) is 36.0 Å². The SMILES string of the molecule is CNCc1cnnn1-c1ccc2ncccc2c1. The quantitative estimate of drug-likeness (QED) is 0.753. The molecule has 2 aromatic heterocycles. The van der Waals surface area contributed by atoms with E-state index in [1.54, 1.807) is 12.4 Å². The smallest absolute Gasteiger partial charge is 0.0783 e. The highest BCUT2D eigenvalue weighted by Gasteiger charge is 2.06. The summed E-state index contributed by atoms with van der Waals surface area (Å²) in [5.41, 5.74) is 3.01. The second-order valence-electron chi connectivity index (χ2n) is 4.05. The molecule has 0 unspecified atom stereocenters. The van der Waals surface area contributed by atoms with Crippen molar-refractivity contribution < 1.29 is 0 Å². The summed E-state index contributed by atoms with van der Waals surface area (Å²) in [5.74, 6) is 0. The van der Waals surface area contributed by atoms with E-state index in [0.717, 1.165) is 28.8 Å². The zero-order chi connectivity index (χ0) is 12.4. The van der Waals surface area contributed by atoms with Crippen LogP contribution >= 0.6 is 0 Å². The Kier molecular flexibility index (Phi) is 2.74. The van der Waals surface area contributed by atoms with Gasteiger partial charge in [0.2, 0.25) is 0 Å². The summed E-state index contributed by atoms with van der Waals surface area (Å²) >= 11 is 0. The van der Waals surface area contributed by atoms with Crippen molar-refractivity contribution in [2.45, 2.75) is 6.54 Å². The van der Waals surface area contributed by atoms with Crippen LogP contribution in [0, 0.1) is 0 Å². The second-order valence-corrected chi connectivity index (χ2v) is 4.05. The minimum absolute atomic E-state index is 0.734. The Labute approximate surface area is 104 Å². The molecule has 0 saturated carbocycles. The molecule has 0 aliphatic rings. The number of rotatable bonds is 3. The number of aromatic nitrogens is 4. The molecule has 5 nitrogen and oxygen atoms in total. The first kappa shape index (κ1) is 10.9. The molecule has 1 aromatic carbocycles. The van der Waals surface area contributed by atoms with Gasteiger partial charge in [-0.05, 0) is 31.3 Å². The first-order valence-corrected chi connectivity index (χ1v) is 5.78. The predicted octanol–water partition coefficient (Wildman–Crippen LogP) is 1.53. The molecular formula is C13H13N5. The van der Waals surface area contributed by atoms with E-state index in [-0.39, 0.29) is 0 Å². The van der Waals surface area contributed by atoms with Gasteiger partial charge in [0.05, 0.1) is 23.1 Å². The van der Waals surface area contributed by atoms with Gasteiger partial charge in [-0.1, -0.05) is 11.3 Å². The van der Waals surface area contributed by atoms with Crippen molar-refractivity contribution in [1.29, 1.82) is 0 Å². The van der Waals surface area contributed by atoms with Gasteiger partial charge in [0.15, 0.2) is 0 Å². The van der Waals surface area contributed by atoms with Crippen LogP contribution in [-0.4, -0.2) is 27.0 Å². The topological polar surface area (TPSA) is 55.6 Å². The fourth-order valence-corrected chi connectivity index (χ4v) is 1.97. The zero-order valence-corrected chi connectivity index (χ0v) is 10.0. The molecule has 0 bridgehead atoms. The van der Waals surface area contributed by atoms with E-state index in [4.69, 9.17) is 0 Å². The lowest BCUT2D eigenvalue weighted by Crippen LogP contribution is -2.11. The molecule has 0 atom stereocenters. The van der Waals surface area contributed by atoms with Gasteiger partial charge in [0, 0.05) is 18.1 Å². The molecule has 3 rings (SSSR count). The molecule has 0 fully saturated rings. The summed E-state index contributed by atoms with van der Waals surface area (Å²) < 4.78 is 1.84. The average molecular weight is 239 g/mol. The highest BCUT2D eigenvalue weighted by Crippen LogP contribution is 2.17. The number of benzene rings is 1. The fraction of sp³-hybridized carbons (Fsp3) is 0.154. The molecule has 2 heterocycles. The highest BCUT2D eigenvalue weighted by molar-refractivity contribution is 5.80. The van der Waals surface area contributed by atoms with Crippen LogP contribution in [0.3, 0.4) is 0 Å². The van der Waals surface area contributed by atoms with E-state index in [1.165, 1.54) is 0 Å². The summed E-state index contributed by atoms with van der Waals surface area (Å²) in [5, 5.41) is 12.3. The summed E-state index contributed by atoms with van der Waals surface area (Å²) in [6.45, 7) is 0.734. The van der Waals surface area contributed by atoms with E-state index >= 15 is 0 Å². The maximum atomic E-state index is 4.30. The van der Waals surface area contributed by atoms with Crippen LogP contribution in [0.1, 0.15) is 5.69 Å². The van der Waals surface area contributed by atoms with E-state index in [0.29, 0.717) is 0 Å². The molecule has 0 amide bonds. The van der Waals surface area contributed by atoms with Crippen molar-refractivity contribution in [2.75, 3.05) is 7.05 Å². The Hall–Kier alpha value is -2.27. The van der Waals surface area contributed by atoms with Crippen LogP contribution in [-0.2, 0) is 6.54 Å². The maximum Gasteiger partial charge on any atom is 0.0783 e. The number of nitrogens with zero attached hydrogens (tertiary/aromatic N) is 4. The van der Waals surface area contributed by atoms with Crippen molar-refractivity contribution in [2.24, 2.45) is 0 Å². The molecule has 0 saturated heterocycles. The van der Waals surface area contributed by atoms with Crippen molar-refractivity contribution >= 4 is 10.9 Å². The molecule has 90 valence electrons.